The third-order valence-electron chi connectivity index (χ3n) is 5.07. The number of nitrogens with two attached hydrogens (primary N) is 1. The first kappa shape index (κ1) is 12.4. The van der Waals surface area contributed by atoms with Crippen molar-refractivity contribution in [3.05, 3.63) is 0 Å². The van der Waals surface area contributed by atoms with Crippen LogP contribution in [0.1, 0.15) is 58.3 Å². The average Bonchev–Trinajstić information content (AvgIpc) is 3.14. The van der Waals surface area contributed by atoms with Crippen molar-refractivity contribution in [2.75, 3.05) is 13.6 Å². The molecule has 2 nitrogen and oxygen atoms in total. The van der Waals surface area contributed by atoms with Crippen molar-refractivity contribution in [2.24, 2.45) is 11.7 Å². The molecule has 0 radical (unpaired) electrons. The van der Waals surface area contributed by atoms with Gasteiger partial charge >= 0.3 is 0 Å². The zero-order chi connectivity index (χ0) is 11.6. The van der Waals surface area contributed by atoms with E-state index in [2.05, 4.69) is 18.9 Å². The minimum absolute atomic E-state index is 0.338. The maximum absolute atomic E-state index is 6.12. The van der Waals surface area contributed by atoms with Gasteiger partial charge < -0.3 is 5.73 Å². The predicted molar refractivity (Wildman–Crippen MR) is 69.4 cm³/mol. The van der Waals surface area contributed by atoms with Gasteiger partial charge in [-0.1, -0.05) is 26.2 Å². The lowest BCUT2D eigenvalue weighted by atomic mass is 9.87. The van der Waals surface area contributed by atoms with Crippen LogP contribution in [0, 0.1) is 5.92 Å². The molecule has 0 heterocycles. The standard InChI is InChI=1S/C14H28N2/c1-3-12-5-4-9-14(11-15,10-8-12)16(2)13-6-7-13/h12-13H,3-11,15H2,1-2H3. The van der Waals surface area contributed by atoms with E-state index in [9.17, 15) is 0 Å². The molecule has 0 aromatic heterocycles. The largest absolute Gasteiger partial charge is 0.329 e. The molecule has 2 N–H and O–H groups in total. The van der Waals surface area contributed by atoms with E-state index >= 15 is 0 Å². The third-order valence-corrected chi connectivity index (χ3v) is 5.07. The summed E-state index contributed by atoms with van der Waals surface area (Å²) in [6, 6.07) is 0.849. The monoisotopic (exact) mass is 224 g/mol. The SMILES string of the molecule is CCC1CCCC(CN)(N(C)C2CC2)CC1. The second kappa shape index (κ2) is 5.05. The van der Waals surface area contributed by atoms with Gasteiger partial charge in [-0.15, -0.1) is 0 Å². The van der Waals surface area contributed by atoms with Gasteiger partial charge in [0.05, 0.1) is 0 Å². The quantitative estimate of drug-likeness (QED) is 0.744. The van der Waals surface area contributed by atoms with Crippen LogP contribution in [0.3, 0.4) is 0 Å². The molecule has 0 aliphatic heterocycles. The molecule has 0 bridgehead atoms. The van der Waals surface area contributed by atoms with Crippen LogP contribution in [0.15, 0.2) is 0 Å². The Morgan fingerprint density at radius 1 is 1.19 bits per heavy atom. The van der Waals surface area contributed by atoms with Crippen LogP contribution < -0.4 is 5.73 Å². The van der Waals surface area contributed by atoms with E-state index in [1.54, 1.807) is 0 Å². The average molecular weight is 224 g/mol. The van der Waals surface area contributed by atoms with Gasteiger partial charge in [-0.05, 0) is 45.1 Å². The molecular formula is C14H28N2. The highest BCUT2D eigenvalue weighted by molar-refractivity contribution is 4.99. The summed E-state index contributed by atoms with van der Waals surface area (Å²) < 4.78 is 0. The first-order chi connectivity index (χ1) is 7.72. The van der Waals surface area contributed by atoms with E-state index in [0.29, 0.717) is 5.54 Å². The van der Waals surface area contributed by atoms with Crippen molar-refractivity contribution < 1.29 is 0 Å². The van der Waals surface area contributed by atoms with Gasteiger partial charge in [0.15, 0.2) is 0 Å². The van der Waals surface area contributed by atoms with Crippen LogP contribution in [0.4, 0.5) is 0 Å². The van der Waals surface area contributed by atoms with Crippen molar-refractivity contribution in [3.8, 4) is 0 Å². The van der Waals surface area contributed by atoms with Crippen LogP contribution in [-0.4, -0.2) is 30.1 Å². The first-order valence-electron chi connectivity index (χ1n) is 7.15. The Bertz CT molecular complexity index is 225. The lowest BCUT2D eigenvalue weighted by molar-refractivity contribution is 0.0978. The molecule has 2 aliphatic rings. The van der Waals surface area contributed by atoms with Crippen molar-refractivity contribution in [1.29, 1.82) is 0 Å². The summed E-state index contributed by atoms with van der Waals surface area (Å²) in [4.78, 5) is 2.63. The summed E-state index contributed by atoms with van der Waals surface area (Å²) >= 11 is 0. The minimum atomic E-state index is 0.338. The van der Waals surface area contributed by atoms with Gasteiger partial charge in [-0.25, -0.2) is 0 Å². The number of likely N-dealkylation sites (N-methyl/N-ethyl adjacent to an activating group) is 1. The third kappa shape index (κ3) is 2.43. The lowest BCUT2D eigenvalue weighted by Gasteiger charge is -2.41. The Kier molecular flexibility index (Phi) is 3.91. The summed E-state index contributed by atoms with van der Waals surface area (Å²) in [6.07, 6.45) is 11.0. The molecule has 16 heavy (non-hydrogen) atoms. The van der Waals surface area contributed by atoms with Gasteiger partial charge in [0.2, 0.25) is 0 Å². The molecule has 94 valence electrons. The molecule has 0 saturated heterocycles. The number of nitrogens with zero attached hydrogens (tertiary/aromatic N) is 1. The smallest absolute Gasteiger partial charge is 0.0331 e. The topological polar surface area (TPSA) is 29.3 Å². The van der Waals surface area contributed by atoms with Crippen LogP contribution >= 0.6 is 0 Å². The Morgan fingerprint density at radius 2 is 1.94 bits per heavy atom. The van der Waals surface area contributed by atoms with Gasteiger partial charge in [0.25, 0.3) is 0 Å². The fraction of sp³-hybridized carbons (Fsp3) is 1.00. The van der Waals surface area contributed by atoms with E-state index in [-0.39, 0.29) is 0 Å². The zero-order valence-electron chi connectivity index (χ0n) is 11.0. The van der Waals surface area contributed by atoms with Crippen molar-refractivity contribution >= 4 is 0 Å². The second-order valence-corrected chi connectivity index (χ2v) is 5.98. The fourth-order valence-electron chi connectivity index (χ4n) is 3.42. The molecular weight excluding hydrogens is 196 g/mol. The predicted octanol–water partition coefficient (Wildman–Crippen LogP) is 2.77. The van der Waals surface area contributed by atoms with Crippen molar-refractivity contribution in [3.63, 3.8) is 0 Å². The highest BCUT2D eigenvalue weighted by atomic mass is 15.2. The molecule has 0 aromatic rings. The van der Waals surface area contributed by atoms with Crippen LogP contribution in [-0.2, 0) is 0 Å². The van der Waals surface area contributed by atoms with Crippen LogP contribution in [0.25, 0.3) is 0 Å². The molecule has 2 heteroatoms. The van der Waals surface area contributed by atoms with E-state index < -0.39 is 0 Å². The molecule has 0 aromatic carbocycles. The number of hydrogen-bond donors (Lipinski definition) is 1. The molecule has 2 aliphatic carbocycles. The number of rotatable bonds is 4. The molecule has 0 spiro atoms. The number of hydrogen-bond acceptors (Lipinski definition) is 2. The molecule has 2 fully saturated rings. The van der Waals surface area contributed by atoms with E-state index in [1.807, 2.05) is 0 Å². The van der Waals surface area contributed by atoms with Crippen LogP contribution in [0.5, 0.6) is 0 Å². The summed E-state index contributed by atoms with van der Waals surface area (Å²) in [6.45, 7) is 3.20. The van der Waals surface area contributed by atoms with Gasteiger partial charge in [0, 0.05) is 18.1 Å². The van der Waals surface area contributed by atoms with E-state index in [4.69, 9.17) is 5.73 Å². The van der Waals surface area contributed by atoms with Gasteiger partial charge in [-0.2, -0.15) is 0 Å². The summed E-state index contributed by atoms with van der Waals surface area (Å²) in [5.41, 5.74) is 6.46. The minimum Gasteiger partial charge on any atom is -0.329 e. The van der Waals surface area contributed by atoms with E-state index in [1.165, 1.54) is 51.4 Å². The van der Waals surface area contributed by atoms with Crippen LogP contribution in [0.2, 0.25) is 0 Å². The van der Waals surface area contributed by atoms with Crippen molar-refractivity contribution in [2.45, 2.75) is 69.9 Å². The maximum Gasteiger partial charge on any atom is 0.0331 e. The van der Waals surface area contributed by atoms with E-state index in [0.717, 1.165) is 18.5 Å². The fourth-order valence-corrected chi connectivity index (χ4v) is 3.42. The normalized spacial score (nSPS) is 36.4. The molecule has 0 amide bonds. The molecule has 2 unspecified atom stereocenters. The zero-order valence-corrected chi connectivity index (χ0v) is 11.0. The van der Waals surface area contributed by atoms with Crippen molar-refractivity contribution in [1.82, 2.24) is 4.90 Å². The van der Waals surface area contributed by atoms with Gasteiger partial charge in [0.1, 0.15) is 0 Å². The highest BCUT2D eigenvalue weighted by Gasteiger charge is 2.41. The molecule has 2 atom stereocenters. The Morgan fingerprint density at radius 3 is 2.50 bits per heavy atom. The summed E-state index contributed by atoms with van der Waals surface area (Å²) in [5.74, 6) is 0.959. The summed E-state index contributed by atoms with van der Waals surface area (Å²) in [5, 5.41) is 0. The second-order valence-electron chi connectivity index (χ2n) is 5.98. The summed E-state index contributed by atoms with van der Waals surface area (Å²) in [7, 11) is 2.32. The Hall–Kier alpha value is -0.0800. The first-order valence-corrected chi connectivity index (χ1v) is 7.15. The lowest BCUT2D eigenvalue weighted by Crippen LogP contribution is -2.52. The Balaban J connectivity index is 2.02. The van der Waals surface area contributed by atoms with Gasteiger partial charge in [-0.3, -0.25) is 4.90 Å². The molecule has 2 saturated carbocycles. The maximum atomic E-state index is 6.12. The highest BCUT2D eigenvalue weighted by Crippen LogP contribution is 2.40. The Labute approximate surface area is 101 Å². The molecule has 2 rings (SSSR count).